The van der Waals surface area contributed by atoms with Crippen LogP contribution < -0.4 is 0 Å². The third kappa shape index (κ3) is 3.55. The SMILES string of the molecule is c1cc(-c2ccc3oc4ccc(-n5c6ccccc6c6ccccc65)cc4c3c2)nc(C2c3ccccc3-c3ccccc32)c1. The van der Waals surface area contributed by atoms with Crippen LogP contribution in [0.15, 0.2) is 156 Å². The normalized spacial score (nSPS) is 12.8. The van der Waals surface area contributed by atoms with Gasteiger partial charge in [-0.2, -0.15) is 0 Å². The van der Waals surface area contributed by atoms with Crippen molar-refractivity contribution in [2.45, 2.75) is 5.92 Å². The van der Waals surface area contributed by atoms with Crippen LogP contribution in [0.25, 0.3) is 71.8 Å². The second-order valence-corrected chi connectivity index (χ2v) is 11.9. The van der Waals surface area contributed by atoms with Gasteiger partial charge in [0, 0.05) is 32.8 Å². The number of nitrogens with zero attached hydrogens (tertiary/aromatic N) is 2. The Kier molecular flexibility index (Phi) is 5.06. The molecule has 0 spiro atoms. The Morgan fingerprint density at radius 1 is 0.489 bits per heavy atom. The largest absolute Gasteiger partial charge is 0.456 e. The molecule has 1 aliphatic carbocycles. The lowest BCUT2D eigenvalue weighted by molar-refractivity contribution is 0.669. The lowest BCUT2D eigenvalue weighted by Crippen LogP contribution is -2.02. The number of benzene rings is 6. The predicted octanol–water partition coefficient (Wildman–Crippen LogP) is 10.9. The monoisotopic (exact) mass is 574 g/mol. The van der Waals surface area contributed by atoms with Crippen LogP contribution in [-0.4, -0.2) is 9.55 Å². The molecule has 0 fully saturated rings. The average Bonchev–Trinajstić information content (AvgIpc) is 3.75. The van der Waals surface area contributed by atoms with Gasteiger partial charge in [-0.15, -0.1) is 0 Å². The van der Waals surface area contributed by atoms with Crippen molar-refractivity contribution in [1.82, 2.24) is 9.55 Å². The lowest BCUT2D eigenvalue weighted by Gasteiger charge is -2.14. The van der Waals surface area contributed by atoms with Gasteiger partial charge in [0.1, 0.15) is 11.2 Å². The molecule has 0 radical (unpaired) electrons. The summed E-state index contributed by atoms with van der Waals surface area (Å²) >= 11 is 0. The fraction of sp³-hybridized carbons (Fsp3) is 0.0238. The molecular formula is C42H26N2O. The van der Waals surface area contributed by atoms with E-state index in [0.717, 1.165) is 44.6 Å². The second kappa shape index (κ2) is 9.28. The van der Waals surface area contributed by atoms with Crippen molar-refractivity contribution >= 4 is 43.7 Å². The molecule has 0 unspecified atom stereocenters. The van der Waals surface area contributed by atoms with Crippen molar-refractivity contribution in [3.8, 4) is 28.1 Å². The van der Waals surface area contributed by atoms with Crippen LogP contribution in [0.4, 0.5) is 0 Å². The van der Waals surface area contributed by atoms with Crippen molar-refractivity contribution in [2.75, 3.05) is 0 Å². The summed E-state index contributed by atoms with van der Waals surface area (Å²) in [5, 5.41) is 4.70. The zero-order valence-electron chi connectivity index (χ0n) is 24.3. The van der Waals surface area contributed by atoms with Gasteiger partial charge in [-0.05, 0) is 82.9 Å². The Bertz CT molecular complexity index is 2520. The number of pyridine rings is 1. The van der Waals surface area contributed by atoms with Crippen molar-refractivity contribution < 1.29 is 4.42 Å². The van der Waals surface area contributed by atoms with Gasteiger partial charge in [0.2, 0.25) is 0 Å². The van der Waals surface area contributed by atoms with Gasteiger partial charge in [-0.25, -0.2) is 0 Å². The van der Waals surface area contributed by atoms with Crippen LogP contribution >= 0.6 is 0 Å². The molecule has 0 amide bonds. The molecule has 3 heteroatoms. The van der Waals surface area contributed by atoms with Crippen LogP contribution in [0, 0.1) is 0 Å². The molecule has 3 nitrogen and oxygen atoms in total. The highest BCUT2D eigenvalue weighted by atomic mass is 16.3. The minimum atomic E-state index is 0.115. The highest BCUT2D eigenvalue weighted by molar-refractivity contribution is 6.11. The summed E-state index contributed by atoms with van der Waals surface area (Å²) in [6.07, 6.45) is 0. The molecule has 0 saturated carbocycles. The summed E-state index contributed by atoms with van der Waals surface area (Å²) in [7, 11) is 0. The summed E-state index contributed by atoms with van der Waals surface area (Å²) in [4.78, 5) is 5.29. The Balaban J connectivity index is 1.12. The number of para-hydroxylation sites is 2. The Morgan fingerprint density at radius 2 is 1.09 bits per heavy atom. The number of fused-ring (bicyclic) bond motifs is 9. The fourth-order valence-electron chi connectivity index (χ4n) is 7.51. The van der Waals surface area contributed by atoms with Crippen LogP contribution in [0.2, 0.25) is 0 Å². The molecule has 0 aliphatic heterocycles. The highest BCUT2D eigenvalue weighted by Crippen LogP contribution is 2.47. The van der Waals surface area contributed by atoms with E-state index in [4.69, 9.17) is 9.40 Å². The van der Waals surface area contributed by atoms with Crippen LogP contribution in [-0.2, 0) is 0 Å². The maximum Gasteiger partial charge on any atom is 0.135 e. The summed E-state index contributed by atoms with van der Waals surface area (Å²) in [5.74, 6) is 0.115. The molecule has 9 aromatic rings. The highest BCUT2D eigenvalue weighted by Gasteiger charge is 2.30. The van der Waals surface area contributed by atoms with E-state index in [1.807, 2.05) is 0 Å². The molecule has 0 N–H and O–H groups in total. The maximum atomic E-state index is 6.34. The van der Waals surface area contributed by atoms with Gasteiger partial charge in [-0.1, -0.05) is 91.0 Å². The molecule has 0 atom stereocenters. The number of rotatable bonds is 3. The molecule has 0 saturated heterocycles. The van der Waals surface area contributed by atoms with E-state index in [2.05, 4.69) is 156 Å². The third-order valence-corrected chi connectivity index (χ3v) is 9.49. The quantitative estimate of drug-likeness (QED) is 0.210. The number of aromatic nitrogens is 2. The lowest BCUT2D eigenvalue weighted by atomic mass is 9.92. The van der Waals surface area contributed by atoms with Gasteiger partial charge < -0.3 is 8.98 Å². The number of furan rings is 1. The number of hydrogen-bond donors (Lipinski definition) is 0. The first-order valence-electron chi connectivity index (χ1n) is 15.4. The van der Waals surface area contributed by atoms with Crippen molar-refractivity contribution in [3.05, 3.63) is 168 Å². The van der Waals surface area contributed by atoms with Crippen molar-refractivity contribution in [1.29, 1.82) is 0 Å². The minimum absolute atomic E-state index is 0.115. The smallest absolute Gasteiger partial charge is 0.135 e. The van der Waals surface area contributed by atoms with Gasteiger partial charge in [-0.3, -0.25) is 4.98 Å². The predicted molar refractivity (Wildman–Crippen MR) is 184 cm³/mol. The van der Waals surface area contributed by atoms with E-state index in [-0.39, 0.29) is 5.92 Å². The van der Waals surface area contributed by atoms with E-state index >= 15 is 0 Å². The van der Waals surface area contributed by atoms with Crippen LogP contribution in [0.5, 0.6) is 0 Å². The standard InChI is InChI=1S/C42H26N2O/c1-3-14-32-28(10-1)29-11-2-4-15-33(29)42(32)37-17-9-16-36(43-37)26-20-22-40-34(24-26)35-25-27(21-23-41(35)45-40)44-38-18-7-5-12-30(38)31-13-6-8-19-39(31)44/h1-25,42H. The summed E-state index contributed by atoms with van der Waals surface area (Å²) < 4.78 is 8.70. The topological polar surface area (TPSA) is 31.0 Å². The van der Waals surface area contributed by atoms with Crippen LogP contribution in [0.3, 0.4) is 0 Å². The Labute approximate surface area is 259 Å². The van der Waals surface area contributed by atoms with E-state index < -0.39 is 0 Å². The Morgan fingerprint density at radius 3 is 1.80 bits per heavy atom. The van der Waals surface area contributed by atoms with Crippen LogP contribution in [0.1, 0.15) is 22.7 Å². The molecule has 45 heavy (non-hydrogen) atoms. The van der Waals surface area contributed by atoms with Gasteiger partial charge >= 0.3 is 0 Å². The number of hydrogen-bond acceptors (Lipinski definition) is 2. The van der Waals surface area contributed by atoms with E-state index in [1.165, 1.54) is 44.1 Å². The molecule has 3 aromatic heterocycles. The molecule has 210 valence electrons. The summed E-state index contributed by atoms with van der Waals surface area (Å²) in [6, 6.07) is 54.1. The first kappa shape index (κ1) is 24.5. The second-order valence-electron chi connectivity index (χ2n) is 11.9. The van der Waals surface area contributed by atoms with E-state index in [9.17, 15) is 0 Å². The maximum absolute atomic E-state index is 6.34. The molecular weight excluding hydrogens is 548 g/mol. The molecule has 6 aromatic carbocycles. The summed E-state index contributed by atoms with van der Waals surface area (Å²) in [6.45, 7) is 0. The van der Waals surface area contributed by atoms with Gasteiger partial charge in [0.25, 0.3) is 0 Å². The zero-order valence-corrected chi connectivity index (χ0v) is 24.3. The van der Waals surface area contributed by atoms with E-state index in [0.29, 0.717) is 0 Å². The molecule has 3 heterocycles. The van der Waals surface area contributed by atoms with E-state index in [1.54, 1.807) is 0 Å². The average molecular weight is 575 g/mol. The Hall–Kier alpha value is -5.93. The molecule has 0 bridgehead atoms. The van der Waals surface area contributed by atoms with Crippen molar-refractivity contribution in [3.63, 3.8) is 0 Å². The third-order valence-electron chi connectivity index (χ3n) is 9.49. The fourth-order valence-corrected chi connectivity index (χ4v) is 7.51. The first-order chi connectivity index (χ1) is 22.3. The summed E-state index contributed by atoms with van der Waals surface area (Å²) in [5.41, 5.74) is 13.6. The first-order valence-corrected chi connectivity index (χ1v) is 15.4. The molecule has 1 aliphatic rings. The minimum Gasteiger partial charge on any atom is -0.456 e. The van der Waals surface area contributed by atoms with Gasteiger partial charge in [0.05, 0.1) is 28.3 Å². The van der Waals surface area contributed by atoms with Crippen molar-refractivity contribution in [2.24, 2.45) is 0 Å². The van der Waals surface area contributed by atoms with Gasteiger partial charge in [0.15, 0.2) is 0 Å². The molecule has 10 rings (SSSR count). The zero-order chi connectivity index (χ0) is 29.5.